The lowest BCUT2D eigenvalue weighted by molar-refractivity contribution is 0.619. The van der Waals surface area contributed by atoms with Crippen molar-refractivity contribution in [1.82, 2.24) is 0 Å². The lowest BCUT2D eigenvalue weighted by Gasteiger charge is -2.12. The third kappa shape index (κ3) is 2.57. The highest BCUT2D eigenvalue weighted by molar-refractivity contribution is 6.33. The normalized spacial score (nSPS) is 10.4. The maximum absolute atomic E-state index is 13.3. The van der Waals surface area contributed by atoms with E-state index in [1.54, 1.807) is 13.0 Å². The van der Waals surface area contributed by atoms with Gasteiger partial charge in [-0.2, -0.15) is 0 Å². The van der Waals surface area contributed by atoms with E-state index < -0.39 is 0 Å². The molecule has 0 radical (unpaired) electrons. The zero-order valence-electron chi connectivity index (χ0n) is 10.2. The molecular formula is C14H14ClFN2. The van der Waals surface area contributed by atoms with Crippen LogP contribution in [0.2, 0.25) is 5.02 Å². The van der Waals surface area contributed by atoms with Gasteiger partial charge in [-0.15, -0.1) is 0 Å². The molecule has 94 valence electrons. The third-order valence-corrected chi connectivity index (χ3v) is 3.04. The molecule has 3 N–H and O–H groups in total. The van der Waals surface area contributed by atoms with E-state index in [1.807, 2.05) is 25.1 Å². The van der Waals surface area contributed by atoms with Gasteiger partial charge in [0.2, 0.25) is 0 Å². The van der Waals surface area contributed by atoms with Gasteiger partial charge in [0.25, 0.3) is 0 Å². The van der Waals surface area contributed by atoms with Gasteiger partial charge in [0.05, 0.1) is 22.1 Å². The summed E-state index contributed by atoms with van der Waals surface area (Å²) in [6.45, 7) is 3.66. The van der Waals surface area contributed by atoms with Crippen LogP contribution in [0.25, 0.3) is 0 Å². The van der Waals surface area contributed by atoms with Crippen molar-refractivity contribution >= 4 is 28.7 Å². The molecule has 4 heteroatoms. The molecule has 0 aliphatic carbocycles. The molecule has 0 bridgehead atoms. The van der Waals surface area contributed by atoms with Crippen LogP contribution in [-0.2, 0) is 0 Å². The number of nitrogen functional groups attached to an aromatic ring is 1. The number of hydrogen-bond donors (Lipinski definition) is 2. The first-order chi connectivity index (χ1) is 8.47. The van der Waals surface area contributed by atoms with E-state index >= 15 is 0 Å². The van der Waals surface area contributed by atoms with Gasteiger partial charge in [0.15, 0.2) is 0 Å². The fourth-order valence-electron chi connectivity index (χ4n) is 1.67. The molecule has 0 fully saturated rings. The van der Waals surface area contributed by atoms with Crippen LogP contribution in [0.1, 0.15) is 11.1 Å². The summed E-state index contributed by atoms with van der Waals surface area (Å²) in [5.74, 6) is -0.312. The highest BCUT2D eigenvalue weighted by atomic mass is 35.5. The maximum atomic E-state index is 13.3. The van der Waals surface area contributed by atoms with Crippen LogP contribution in [0.3, 0.4) is 0 Å². The van der Waals surface area contributed by atoms with Gasteiger partial charge < -0.3 is 11.1 Å². The average molecular weight is 265 g/mol. The minimum absolute atomic E-state index is 0.312. The molecule has 2 aromatic rings. The van der Waals surface area contributed by atoms with E-state index in [4.69, 9.17) is 17.3 Å². The van der Waals surface area contributed by atoms with E-state index in [9.17, 15) is 4.39 Å². The molecule has 0 aromatic heterocycles. The monoisotopic (exact) mass is 264 g/mol. The highest BCUT2D eigenvalue weighted by Gasteiger charge is 2.07. The number of nitrogens with one attached hydrogen (secondary N) is 1. The quantitative estimate of drug-likeness (QED) is 0.788. The minimum atomic E-state index is -0.312. The number of benzene rings is 2. The maximum Gasteiger partial charge on any atom is 0.128 e. The Morgan fingerprint density at radius 2 is 1.83 bits per heavy atom. The predicted octanol–water partition coefficient (Wildman–Crippen LogP) is 4.42. The summed E-state index contributed by atoms with van der Waals surface area (Å²) in [5.41, 5.74) is 9.15. The van der Waals surface area contributed by atoms with Gasteiger partial charge in [-0.25, -0.2) is 4.39 Å². The van der Waals surface area contributed by atoms with Crippen molar-refractivity contribution in [1.29, 1.82) is 0 Å². The number of anilines is 3. The lowest BCUT2D eigenvalue weighted by Crippen LogP contribution is -1.99. The topological polar surface area (TPSA) is 38.0 Å². The Hall–Kier alpha value is -1.74. The first kappa shape index (κ1) is 12.7. The standard InChI is InChI=1S/C14H14ClFN2/c1-8-3-4-13(10(15)5-8)18-14-6-9(2)11(16)7-12(14)17/h3-7,18H,17H2,1-2H3. The molecule has 2 aromatic carbocycles. The summed E-state index contributed by atoms with van der Waals surface area (Å²) in [6.07, 6.45) is 0. The molecule has 0 heterocycles. The van der Waals surface area contributed by atoms with Gasteiger partial charge >= 0.3 is 0 Å². The molecule has 2 rings (SSSR count). The molecule has 0 aliphatic heterocycles. The van der Waals surface area contributed by atoms with Crippen molar-refractivity contribution < 1.29 is 4.39 Å². The molecule has 0 saturated heterocycles. The second-order valence-corrected chi connectivity index (χ2v) is 4.70. The fraction of sp³-hybridized carbons (Fsp3) is 0.143. The third-order valence-electron chi connectivity index (χ3n) is 2.72. The summed E-state index contributed by atoms with van der Waals surface area (Å²) in [5, 5.41) is 3.72. The van der Waals surface area contributed by atoms with Gasteiger partial charge in [-0.3, -0.25) is 0 Å². The van der Waals surface area contributed by atoms with Crippen molar-refractivity contribution in [2.45, 2.75) is 13.8 Å². The molecule has 0 atom stereocenters. The Morgan fingerprint density at radius 1 is 1.11 bits per heavy atom. The van der Waals surface area contributed by atoms with Crippen LogP contribution >= 0.6 is 11.6 Å². The van der Waals surface area contributed by atoms with Crippen molar-refractivity contribution in [2.75, 3.05) is 11.1 Å². The largest absolute Gasteiger partial charge is 0.397 e. The van der Waals surface area contributed by atoms with Gasteiger partial charge in [-0.05, 0) is 49.2 Å². The fourth-order valence-corrected chi connectivity index (χ4v) is 1.95. The Balaban J connectivity index is 2.37. The summed E-state index contributed by atoms with van der Waals surface area (Å²) in [6, 6.07) is 8.65. The summed E-state index contributed by atoms with van der Waals surface area (Å²) < 4.78 is 13.3. The minimum Gasteiger partial charge on any atom is -0.397 e. The Bertz CT molecular complexity index is 597. The van der Waals surface area contributed by atoms with Crippen LogP contribution in [-0.4, -0.2) is 0 Å². The molecule has 0 amide bonds. The number of aryl methyl sites for hydroxylation is 2. The molecule has 0 aliphatic rings. The van der Waals surface area contributed by atoms with Crippen LogP contribution < -0.4 is 11.1 Å². The Kier molecular flexibility index (Phi) is 3.43. The Labute approximate surface area is 111 Å². The van der Waals surface area contributed by atoms with Crippen LogP contribution in [0.4, 0.5) is 21.5 Å². The lowest BCUT2D eigenvalue weighted by atomic mass is 10.1. The zero-order chi connectivity index (χ0) is 13.3. The molecule has 0 spiro atoms. The van der Waals surface area contributed by atoms with E-state index in [-0.39, 0.29) is 5.82 Å². The van der Waals surface area contributed by atoms with Crippen LogP contribution in [0.15, 0.2) is 30.3 Å². The summed E-state index contributed by atoms with van der Waals surface area (Å²) in [7, 11) is 0. The molecular weight excluding hydrogens is 251 g/mol. The average Bonchev–Trinajstić information content (AvgIpc) is 2.29. The van der Waals surface area contributed by atoms with E-state index in [0.29, 0.717) is 22.0 Å². The van der Waals surface area contributed by atoms with Crippen molar-refractivity contribution in [3.63, 3.8) is 0 Å². The SMILES string of the molecule is Cc1ccc(Nc2cc(C)c(F)cc2N)c(Cl)c1. The molecule has 0 saturated carbocycles. The van der Waals surface area contributed by atoms with Crippen molar-refractivity contribution in [2.24, 2.45) is 0 Å². The number of halogens is 2. The first-order valence-corrected chi connectivity index (χ1v) is 5.94. The molecule has 2 nitrogen and oxygen atoms in total. The second-order valence-electron chi connectivity index (χ2n) is 4.30. The van der Waals surface area contributed by atoms with E-state index in [1.165, 1.54) is 6.07 Å². The van der Waals surface area contributed by atoms with Gasteiger partial charge in [0, 0.05) is 0 Å². The molecule has 0 unspecified atom stereocenters. The highest BCUT2D eigenvalue weighted by Crippen LogP contribution is 2.30. The smallest absolute Gasteiger partial charge is 0.128 e. The van der Waals surface area contributed by atoms with Crippen LogP contribution in [0.5, 0.6) is 0 Å². The first-order valence-electron chi connectivity index (χ1n) is 5.56. The number of hydrogen-bond acceptors (Lipinski definition) is 2. The zero-order valence-corrected chi connectivity index (χ0v) is 11.0. The van der Waals surface area contributed by atoms with Crippen molar-refractivity contribution in [3.05, 3.63) is 52.3 Å². The summed E-state index contributed by atoms with van der Waals surface area (Å²) in [4.78, 5) is 0. The van der Waals surface area contributed by atoms with E-state index in [0.717, 1.165) is 11.3 Å². The molecule has 18 heavy (non-hydrogen) atoms. The van der Waals surface area contributed by atoms with Crippen LogP contribution in [0, 0.1) is 19.7 Å². The number of nitrogens with two attached hydrogens (primary N) is 1. The summed E-state index contributed by atoms with van der Waals surface area (Å²) >= 11 is 6.13. The second kappa shape index (κ2) is 4.86. The Morgan fingerprint density at radius 3 is 2.50 bits per heavy atom. The van der Waals surface area contributed by atoms with Gasteiger partial charge in [-0.1, -0.05) is 17.7 Å². The van der Waals surface area contributed by atoms with Gasteiger partial charge in [0.1, 0.15) is 5.82 Å². The van der Waals surface area contributed by atoms with Crippen molar-refractivity contribution in [3.8, 4) is 0 Å². The number of rotatable bonds is 2. The van der Waals surface area contributed by atoms with E-state index in [2.05, 4.69) is 5.32 Å². The predicted molar refractivity (Wildman–Crippen MR) is 75.0 cm³/mol.